The van der Waals surface area contributed by atoms with Gasteiger partial charge in [0.25, 0.3) is 0 Å². The van der Waals surface area contributed by atoms with Gasteiger partial charge in [-0.3, -0.25) is 0 Å². The van der Waals surface area contributed by atoms with Crippen LogP contribution >= 0.6 is 0 Å². The predicted molar refractivity (Wildman–Crippen MR) is 66.4 cm³/mol. The SMILES string of the molecule is CC(C)NCC1=CS(=O)(=O)c2ccc(O)cc21. The van der Waals surface area contributed by atoms with Crippen molar-refractivity contribution < 1.29 is 13.5 Å². The summed E-state index contributed by atoms with van der Waals surface area (Å²) in [6.45, 7) is 4.47. The third-order valence-corrected chi connectivity index (χ3v) is 4.18. The zero-order valence-electron chi connectivity index (χ0n) is 9.77. The van der Waals surface area contributed by atoms with Crippen LogP contribution in [0.3, 0.4) is 0 Å². The minimum atomic E-state index is -3.33. The minimum Gasteiger partial charge on any atom is -0.508 e. The molecule has 1 aromatic rings. The highest BCUT2D eigenvalue weighted by Gasteiger charge is 2.26. The Morgan fingerprint density at radius 3 is 2.71 bits per heavy atom. The molecule has 4 nitrogen and oxygen atoms in total. The Kier molecular flexibility index (Phi) is 2.97. The summed E-state index contributed by atoms with van der Waals surface area (Å²) < 4.78 is 23.7. The van der Waals surface area contributed by atoms with Crippen LogP contribution in [0.2, 0.25) is 0 Å². The molecule has 1 aromatic carbocycles. The van der Waals surface area contributed by atoms with E-state index in [4.69, 9.17) is 0 Å². The molecular formula is C12H15NO3S. The number of phenols is 1. The average molecular weight is 253 g/mol. The van der Waals surface area contributed by atoms with Crippen LogP contribution in [0.1, 0.15) is 19.4 Å². The summed E-state index contributed by atoms with van der Waals surface area (Å²) in [5.74, 6) is 0.0799. The summed E-state index contributed by atoms with van der Waals surface area (Å²) in [4.78, 5) is 0.274. The van der Waals surface area contributed by atoms with E-state index < -0.39 is 9.84 Å². The van der Waals surface area contributed by atoms with E-state index in [2.05, 4.69) is 5.32 Å². The van der Waals surface area contributed by atoms with Crippen molar-refractivity contribution in [2.24, 2.45) is 0 Å². The van der Waals surface area contributed by atoms with Crippen LogP contribution in [0.15, 0.2) is 28.5 Å². The van der Waals surface area contributed by atoms with Crippen LogP contribution in [-0.4, -0.2) is 26.1 Å². The van der Waals surface area contributed by atoms with Gasteiger partial charge in [0.2, 0.25) is 9.84 Å². The standard InChI is InChI=1S/C12H15NO3S/c1-8(2)13-6-9-7-17(15,16)12-4-3-10(14)5-11(9)12/h3-5,7-8,13-14H,6H2,1-2H3. The van der Waals surface area contributed by atoms with Crippen molar-refractivity contribution in [2.75, 3.05) is 6.54 Å². The second-order valence-corrected chi connectivity index (χ2v) is 6.17. The fourth-order valence-corrected chi connectivity index (χ4v) is 3.25. The van der Waals surface area contributed by atoms with Gasteiger partial charge in [0.15, 0.2) is 0 Å². The lowest BCUT2D eigenvalue weighted by atomic mass is 10.1. The second kappa shape index (κ2) is 4.16. The van der Waals surface area contributed by atoms with Crippen molar-refractivity contribution in [3.05, 3.63) is 29.2 Å². The number of fused-ring (bicyclic) bond motifs is 1. The molecule has 0 bridgehead atoms. The molecule has 1 aliphatic heterocycles. The Bertz CT molecular complexity index is 573. The molecule has 5 heteroatoms. The van der Waals surface area contributed by atoms with Crippen molar-refractivity contribution in [1.29, 1.82) is 0 Å². The molecule has 0 radical (unpaired) electrons. The maximum absolute atomic E-state index is 11.8. The minimum absolute atomic E-state index is 0.0799. The normalized spacial score (nSPS) is 17.0. The summed E-state index contributed by atoms with van der Waals surface area (Å²) in [5.41, 5.74) is 1.29. The highest BCUT2D eigenvalue weighted by molar-refractivity contribution is 7.95. The third kappa shape index (κ3) is 2.35. The maximum atomic E-state index is 11.8. The number of hydrogen-bond donors (Lipinski definition) is 2. The topological polar surface area (TPSA) is 66.4 Å². The molecule has 0 saturated heterocycles. The first-order valence-corrected chi connectivity index (χ1v) is 6.97. The van der Waals surface area contributed by atoms with Gasteiger partial charge in [0, 0.05) is 23.6 Å². The van der Waals surface area contributed by atoms with Crippen LogP contribution in [-0.2, 0) is 9.84 Å². The number of sulfone groups is 1. The number of nitrogens with one attached hydrogen (secondary N) is 1. The molecule has 0 saturated carbocycles. The second-order valence-electron chi connectivity index (χ2n) is 4.40. The van der Waals surface area contributed by atoms with E-state index in [1.165, 1.54) is 23.6 Å². The Hall–Kier alpha value is -1.33. The van der Waals surface area contributed by atoms with E-state index in [9.17, 15) is 13.5 Å². The summed E-state index contributed by atoms with van der Waals surface area (Å²) in [6.07, 6.45) is 0. The molecule has 0 spiro atoms. The summed E-state index contributed by atoms with van der Waals surface area (Å²) >= 11 is 0. The van der Waals surface area contributed by atoms with Gasteiger partial charge in [0.1, 0.15) is 5.75 Å². The first kappa shape index (κ1) is 12.1. The third-order valence-electron chi connectivity index (χ3n) is 2.61. The van der Waals surface area contributed by atoms with E-state index in [-0.39, 0.29) is 16.7 Å². The number of aromatic hydroxyl groups is 1. The van der Waals surface area contributed by atoms with Gasteiger partial charge in [0.05, 0.1) is 4.90 Å². The van der Waals surface area contributed by atoms with E-state index in [0.29, 0.717) is 17.7 Å². The number of rotatable bonds is 3. The molecule has 0 aromatic heterocycles. The molecule has 0 atom stereocenters. The number of phenolic OH excluding ortho intramolecular Hbond substituents is 1. The maximum Gasteiger partial charge on any atom is 0.200 e. The molecule has 0 unspecified atom stereocenters. The van der Waals surface area contributed by atoms with E-state index in [0.717, 1.165) is 0 Å². The Balaban J connectivity index is 2.41. The van der Waals surface area contributed by atoms with Crippen molar-refractivity contribution in [3.8, 4) is 5.75 Å². The predicted octanol–water partition coefficient (Wildman–Crippen LogP) is 1.52. The lowest BCUT2D eigenvalue weighted by molar-refractivity contribution is 0.474. The summed E-state index contributed by atoms with van der Waals surface area (Å²) in [7, 11) is -3.33. The zero-order chi connectivity index (χ0) is 12.6. The first-order chi connectivity index (χ1) is 7.90. The Morgan fingerprint density at radius 2 is 2.06 bits per heavy atom. The van der Waals surface area contributed by atoms with Crippen molar-refractivity contribution in [2.45, 2.75) is 24.8 Å². The van der Waals surface area contributed by atoms with Gasteiger partial charge in [-0.1, -0.05) is 13.8 Å². The van der Waals surface area contributed by atoms with E-state index in [1.54, 1.807) is 0 Å². The lowest BCUT2D eigenvalue weighted by Crippen LogP contribution is -2.24. The van der Waals surface area contributed by atoms with Crippen LogP contribution < -0.4 is 5.32 Å². The lowest BCUT2D eigenvalue weighted by Gasteiger charge is -2.09. The average Bonchev–Trinajstić information content (AvgIpc) is 2.47. The van der Waals surface area contributed by atoms with Gasteiger partial charge in [-0.05, 0) is 23.8 Å². The Labute approximate surface area is 101 Å². The van der Waals surface area contributed by atoms with Gasteiger partial charge in [-0.25, -0.2) is 8.42 Å². The largest absolute Gasteiger partial charge is 0.508 e. The quantitative estimate of drug-likeness (QED) is 0.857. The molecule has 1 aliphatic rings. The smallest absolute Gasteiger partial charge is 0.200 e. The molecule has 17 heavy (non-hydrogen) atoms. The molecule has 0 fully saturated rings. The zero-order valence-corrected chi connectivity index (χ0v) is 10.6. The molecule has 2 N–H and O–H groups in total. The van der Waals surface area contributed by atoms with Crippen molar-refractivity contribution in [1.82, 2.24) is 5.32 Å². The van der Waals surface area contributed by atoms with Crippen molar-refractivity contribution >= 4 is 15.4 Å². The fraction of sp³-hybridized carbons (Fsp3) is 0.333. The molecule has 92 valence electrons. The fourth-order valence-electron chi connectivity index (χ4n) is 1.78. The van der Waals surface area contributed by atoms with Crippen LogP contribution in [0.4, 0.5) is 0 Å². The molecule has 0 amide bonds. The highest BCUT2D eigenvalue weighted by Crippen LogP contribution is 2.35. The summed E-state index contributed by atoms with van der Waals surface area (Å²) in [6, 6.07) is 4.61. The first-order valence-electron chi connectivity index (χ1n) is 5.42. The molecular weight excluding hydrogens is 238 g/mol. The molecule has 1 heterocycles. The van der Waals surface area contributed by atoms with Crippen molar-refractivity contribution in [3.63, 3.8) is 0 Å². The molecule has 2 rings (SSSR count). The number of benzene rings is 1. The summed E-state index contributed by atoms with van der Waals surface area (Å²) in [5, 5.41) is 13.9. The highest BCUT2D eigenvalue weighted by atomic mass is 32.2. The van der Waals surface area contributed by atoms with Crippen LogP contribution in [0.5, 0.6) is 5.75 Å². The molecule has 0 aliphatic carbocycles. The number of hydrogen-bond acceptors (Lipinski definition) is 4. The van der Waals surface area contributed by atoms with Gasteiger partial charge >= 0.3 is 0 Å². The van der Waals surface area contributed by atoms with Crippen LogP contribution in [0.25, 0.3) is 5.57 Å². The Morgan fingerprint density at radius 1 is 1.35 bits per heavy atom. The van der Waals surface area contributed by atoms with Gasteiger partial charge in [-0.2, -0.15) is 0 Å². The van der Waals surface area contributed by atoms with E-state index in [1.807, 2.05) is 13.8 Å². The van der Waals surface area contributed by atoms with Crippen LogP contribution in [0, 0.1) is 0 Å². The van der Waals surface area contributed by atoms with E-state index >= 15 is 0 Å². The van der Waals surface area contributed by atoms with Gasteiger partial charge in [-0.15, -0.1) is 0 Å². The monoisotopic (exact) mass is 253 g/mol. The van der Waals surface area contributed by atoms with Gasteiger partial charge < -0.3 is 10.4 Å².